The Morgan fingerprint density at radius 2 is 1.96 bits per heavy atom. The minimum Gasteiger partial charge on any atom is -0.334 e. The van der Waals surface area contributed by atoms with Gasteiger partial charge in [-0.15, -0.1) is 4.91 Å². The van der Waals surface area contributed by atoms with E-state index >= 15 is 0 Å². The molecule has 8 nitrogen and oxygen atoms in total. The molecule has 0 bridgehead atoms. The van der Waals surface area contributed by atoms with Gasteiger partial charge in [-0.05, 0) is 32.4 Å². The summed E-state index contributed by atoms with van der Waals surface area (Å²) in [6.45, 7) is 5.41. The zero-order valence-corrected chi connectivity index (χ0v) is 13.8. The molecule has 24 heavy (non-hydrogen) atoms. The number of hydrogen-bond donors (Lipinski definition) is 0. The summed E-state index contributed by atoms with van der Waals surface area (Å²) < 4.78 is 0. The Morgan fingerprint density at radius 3 is 2.67 bits per heavy atom. The SMILES string of the molecule is Cc1ccc(-n2nccn2)c(C(=O)N2CCN(N=O)CC[C@H]2C)c1. The van der Waals surface area contributed by atoms with Crippen molar-refractivity contribution < 1.29 is 4.79 Å². The van der Waals surface area contributed by atoms with Crippen molar-refractivity contribution >= 4 is 5.91 Å². The Kier molecular flexibility index (Phi) is 4.54. The quantitative estimate of drug-likeness (QED) is 0.802. The number of rotatable bonds is 3. The summed E-state index contributed by atoms with van der Waals surface area (Å²) in [6, 6.07) is 5.67. The van der Waals surface area contributed by atoms with Gasteiger partial charge in [-0.25, -0.2) is 0 Å². The standard InChI is InChI=1S/C16H20N6O2/c1-12-3-4-15(22-17-6-7-18-22)14(11-12)16(23)21-10-9-20(19-24)8-5-13(21)2/h3-4,6-7,11,13H,5,8-10H2,1-2H3/t13-/m1/s1. The van der Waals surface area contributed by atoms with Crippen LogP contribution in [0, 0.1) is 11.8 Å². The van der Waals surface area contributed by atoms with Gasteiger partial charge in [-0.3, -0.25) is 9.80 Å². The van der Waals surface area contributed by atoms with Gasteiger partial charge in [0.1, 0.15) is 0 Å². The third-order valence-electron chi connectivity index (χ3n) is 4.33. The van der Waals surface area contributed by atoms with E-state index in [0.29, 0.717) is 37.3 Å². The molecule has 0 spiro atoms. The fourth-order valence-electron chi connectivity index (χ4n) is 2.92. The first-order chi connectivity index (χ1) is 11.6. The first-order valence-electron chi connectivity index (χ1n) is 7.96. The Bertz CT molecular complexity index is 730. The molecule has 0 saturated carbocycles. The topological polar surface area (TPSA) is 83.7 Å². The Labute approximate surface area is 140 Å². The van der Waals surface area contributed by atoms with E-state index in [1.54, 1.807) is 17.3 Å². The molecule has 1 aliphatic rings. The molecule has 0 aliphatic carbocycles. The number of hydrogen-bond acceptors (Lipinski definition) is 5. The zero-order chi connectivity index (χ0) is 17.1. The minimum absolute atomic E-state index is 0.0307. The van der Waals surface area contributed by atoms with Gasteiger partial charge in [0.15, 0.2) is 0 Å². The van der Waals surface area contributed by atoms with Crippen LogP contribution < -0.4 is 0 Å². The maximum atomic E-state index is 13.2. The molecule has 2 aromatic rings. The molecule has 1 amide bonds. The molecule has 0 unspecified atom stereocenters. The van der Waals surface area contributed by atoms with Crippen molar-refractivity contribution in [2.24, 2.45) is 5.29 Å². The minimum atomic E-state index is -0.0775. The summed E-state index contributed by atoms with van der Waals surface area (Å²) in [7, 11) is 0. The first-order valence-corrected chi connectivity index (χ1v) is 7.96. The van der Waals surface area contributed by atoms with E-state index < -0.39 is 0 Å². The van der Waals surface area contributed by atoms with E-state index in [0.717, 1.165) is 5.56 Å². The van der Waals surface area contributed by atoms with Crippen LogP contribution in [0.15, 0.2) is 35.9 Å². The van der Waals surface area contributed by atoms with Crippen LogP contribution in [0.5, 0.6) is 0 Å². The number of aromatic nitrogens is 3. The lowest BCUT2D eigenvalue weighted by Gasteiger charge is -2.27. The highest BCUT2D eigenvalue weighted by molar-refractivity contribution is 5.98. The van der Waals surface area contributed by atoms with Crippen molar-refractivity contribution in [3.8, 4) is 5.69 Å². The van der Waals surface area contributed by atoms with Crippen molar-refractivity contribution in [1.29, 1.82) is 0 Å². The molecule has 2 heterocycles. The largest absolute Gasteiger partial charge is 0.334 e. The van der Waals surface area contributed by atoms with Crippen LogP contribution >= 0.6 is 0 Å². The number of carbonyl (C=O) groups excluding carboxylic acids is 1. The summed E-state index contributed by atoms with van der Waals surface area (Å²) in [6.07, 6.45) is 3.87. The maximum Gasteiger partial charge on any atom is 0.256 e. The van der Waals surface area contributed by atoms with E-state index in [4.69, 9.17) is 0 Å². The highest BCUT2D eigenvalue weighted by Gasteiger charge is 2.27. The van der Waals surface area contributed by atoms with E-state index in [-0.39, 0.29) is 11.9 Å². The molecule has 1 atom stereocenters. The second-order valence-electron chi connectivity index (χ2n) is 6.01. The van der Waals surface area contributed by atoms with Crippen LogP contribution in [-0.2, 0) is 0 Å². The van der Waals surface area contributed by atoms with Crippen LogP contribution in [0.25, 0.3) is 5.69 Å². The van der Waals surface area contributed by atoms with Crippen molar-refractivity contribution in [1.82, 2.24) is 24.9 Å². The van der Waals surface area contributed by atoms with Gasteiger partial charge >= 0.3 is 0 Å². The highest BCUT2D eigenvalue weighted by atomic mass is 16.3. The number of benzene rings is 1. The zero-order valence-electron chi connectivity index (χ0n) is 13.8. The molecule has 1 aromatic carbocycles. The van der Waals surface area contributed by atoms with Gasteiger partial charge in [-0.1, -0.05) is 11.6 Å². The number of carbonyl (C=O) groups is 1. The van der Waals surface area contributed by atoms with Gasteiger partial charge < -0.3 is 4.90 Å². The number of nitroso groups, excluding NO2 is 1. The van der Waals surface area contributed by atoms with Gasteiger partial charge in [0.05, 0.1) is 35.5 Å². The van der Waals surface area contributed by atoms with Crippen molar-refractivity contribution in [3.05, 3.63) is 46.6 Å². The summed E-state index contributed by atoms with van der Waals surface area (Å²) in [5.74, 6) is -0.0775. The van der Waals surface area contributed by atoms with E-state index in [1.807, 2.05) is 32.0 Å². The smallest absolute Gasteiger partial charge is 0.256 e. The lowest BCUT2D eigenvalue weighted by atomic mass is 10.1. The summed E-state index contributed by atoms with van der Waals surface area (Å²) >= 11 is 0. The first kappa shape index (κ1) is 16.1. The van der Waals surface area contributed by atoms with Crippen molar-refractivity contribution in [3.63, 3.8) is 0 Å². The molecule has 1 aliphatic heterocycles. The molecule has 3 rings (SSSR count). The third kappa shape index (κ3) is 3.12. The third-order valence-corrected chi connectivity index (χ3v) is 4.33. The van der Waals surface area contributed by atoms with Crippen molar-refractivity contribution in [2.75, 3.05) is 19.6 Å². The fraction of sp³-hybridized carbons (Fsp3) is 0.438. The van der Waals surface area contributed by atoms with Gasteiger partial charge in [-0.2, -0.15) is 15.0 Å². The van der Waals surface area contributed by atoms with Gasteiger partial charge in [0.2, 0.25) is 0 Å². The van der Waals surface area contributed by atoms with E-state index in [9.17, 15) is 9.70 Å². The van der Waals surface area contributed by atoms with Crippen LogP contribution in [0.1, 0.15) is 29.3 Å². The van der Waals surface area contributed by atoms with Crippen LogP contribution in [-0.4, -0.2) is 56.5 Å². The predicted molar refractivity (Wildman–Crippen MR) is 88.6 cm³/mol. The monoisotopic (exact) mass is 328 g/mol. The molecule has 126 valence electrons. The van der Waals surface area contributed by atoms with Crippen LogP contribution in [0.2, 0.25) is 0 Å². The molecule has 0 N–H and O–H groups in total. The number of aryl methyl sites for hydroxylation is 1. The molecular weight excluding hydrogens is 308 g/mol. The fourth-order valence-corrected chi connectivity index (χ4v) is 2.92. The Hall–Kier alpha value is -2.77. The second-order valence-corrected chi connectivity index (χ2v) is 6.01. The summed E-state index contributed by atoms with van der Waals surface area (Å²) in [4.78, 5) is 27.2. The molecule has 8 heteroatoms. The van der Waals surface area contributed by atoms with E-state index in [2.05, 4.69) is 15.5 Å². The van der Waals surface area contributed by atoms with Crippen LogP contribution in [0.3, 0.4) is 0 Å². The maximum absolute atomic E-state index is 13.2. The van der Waals surface area contributed by atoms with Crippen molar-refractivity contribution in [2.45, 2.75) is 26.3 Å². The van der Waals surface area contributed by atoms with Gasteiger partial charge in [0, 0.05) is 19.1 Å². The molecule has 0 radical (unpaired) electrons. The molecule has 1 fully saturated rings. The van der Waals surface area contributed by atoms with Crippen LogP contribution in [0.4, 0.5) is 0 Å². The molecule has 1 aromatic heterocycles. The summed E-state index contributed by atoms with van der Waals surface area (Å²) in [5, 5.41) is 12.7. The van der Waals surface area contributed by atoms with Gasteiger partial charge in [0.25, 0.3) is 5.91 Å². The normalized spacial score (nSPS) is 18.3. The Morgan fingerprint density at radius 1 is 1.21 bits per heavy atom. The molecule has 1 saturated heterocycles. The lowest BCUT2D eigenvalue weighted by molar-refractivity contribution is 0.0701. The molecular formula is C16H20N6O2. The predicted octanol–water partition coefficient (Wildman–Crippen LogP) is 1.79. The Balaban J connectivity index is 1.94. The highest BCUT2D eigenvalue weighted by Crippen LogP contribution is 2.20. The average Bonchev–Trinajstić information content (AvgIpc) is 3.04. The lowest BCUT2D eigenvalue weighted by Crippen LogP contribution is -2.40. The number of nitrogens with zero attached hydrogens (tertiary/aromatic N) is 6. The number of amides is 1. The second kappa shape index (κ2) is 6.77. The summed E-state index contributed by atoms with van der Waals surface area (Å²) in [5.41, 5.74) is 2.20. The van der Waals surface area contributed by atoms with E-state index in [1.165, 1.54) is 9.81 Å². The average molecular weight is 328 g/mol.